The Bertz CT molecular complexity index is 514. The molecule has 2 unspecified atom stereocenters. The summed E-state index contributed by atoms with van der Waals surface area (Å²) in [6.45, 7) is 2.60. The zero-order chi connectivity index (χ0) is 14.7. The number of aryl methyl sites for hydroxylation is 1. The SMILES string of the molecule is Cc1c(CNC(=O)NC2COCC2C(=O)O)cnn1C. The summed E-state index contributed by atoms with van der Waals surface area (Å²) in [7, 11) is 1.83. The molecule has 0 radical (unpaired) electrons. The number of ether oxygens (including phenoxy) is 1. The van der Waals surface area contributed by atoms with Gasteiger partial charge in [-0.15, -0.1) is 0 Å². The monoisotopic (exact) mass is 282 g/mol. The number of carboxylic acids is 1. The maximum absolute atomic E-state index is 11.8. The van der Waals surface area contributed by atoms with Gasteiger partial charge in [0.2, 0.25) is 0 Å². The lowest BCUT2D eigenvalue weighted by Crippen LogP contribution is -2.47. The van der Waals surface area contributed by atoms with Gasteiger partial charge in [0, 0.05) is 24.8 Å². The van der Waals surface area contributed by atoms with E-state index < -0.39 is 24.0 Å². The normalized spacial score (nSPS) is 21.7. The van der Waals surface area contributed by atoms with Crippen molar-refractivity contribution in [2.24, 2.45) is 13.0 Å². The molecular formula is C12H18N4O4. The number of aliphatic carboxylic acids is 1. The third-order valence-corrected chi connectivity index (χ3v) is 3.49. The second-order valence-electron chi connectivity index (χ2n) is 4.79. The minimum absolute atomic E-state index is 0.127. The van der Waals surface area contributed by atoms with Crippen LogP contribution in [0.2, 0.25) is 0 Å². The number of rotatable bonds is 4. The van der Waals surface area contributed by atoms with Gasteiger partial charge in [-0.1, -0.05) is 0 Å². The Labute approximate surface area is 116 Å². The molecule has 3 N–H and O–H groups in total. The zero-order valence-electron chi connectivity index (χ0n) is 11.4. The van der Waals surface area contributed by atoms with Crippen LogP contribution >= 0.6 is 0 Å². The third kappa shape index (κ3) is 3.08. The van der Waals surface area contributed by atoms with Crippen molar-refractivity contribution in [1.82, 2.24) is 20.4 Å². The summed E-state index contributed by atoms with van der Waals surface area (Å²) in [6, 6.07) is -0.905. The van der Waals surface area contributed by atoms with Crippen molar-refractivity contribution in [2.75, 3.05) is 13.2 Å². The van der Waals surface area contributed by atoms with Gasteiger partial charge in [-0.25, -0.2) is 4.79 Å². The standard InChI is InChI=1S/C12H18N4O4/c1-7-8(4-14-16(7)2)3-13-12(19)15-10-6-20-5-9(10)11(17)18/h4,9-10H,3,5-6H2,1-2H3,(H,17,18)(H2,13,15,19). The molecule has 8 heteroatoms. The van der Waals surface area contributed by atoms with Gasteiger partial charge in [-0.05, 0) is 6.92 Å². The molecule has 1 aromatic rings. The average molecular weight is 282 g/mol. The van der Waals surface area contributed by atoms with Crippen molar-refractivity contribution in [2.45, 2.75) is 19.5 Å². The molecule has 0 aromatic carbocycles. The van der Waals surface area contributed by atoms with Gasteiger partial charge in [-0.2, -0.15) is 5.10 Å². The number of hydrogen-bond acceptors (Lipinski definition) is 4. The summed E-state index contributed by atoms with van der Waals surface area (Å²) >= 11 is 0. The van der Waals surface area contributed by atoms with Gasteiger partial charge in [0.15, 0.2) is 0 Å². The molecule has 1 aliphatic rings. The van der Waals surface area contributed by atoms with Gasteiger partial charge in [0.25, 0.3) is 0 Å². The molecule has 2 atom stereocenters. The fourth-order valence-corrected chi connectivity index (χ4v) is 2.05. The van der Waals surface area contributed by atoms with Gasteiger partial charge in [0.1, 0.15) is 5.92 Å². The summed E-state index contributed by atoms with van der Waals surface area (Å²) in [5, 5.41) is 18.4. The van der Waals surface area contributed by atoms with E-state index >= 15 is 0 Å². The molecule has 2 amide bonds. The van der Waals surface area contributed by atoms with E-state index in [1.165, 1.54) is 0 Å². The first kappa shape index (κ1) is 14.3. The van der Waals surface area contributed by atoms with E-state index in [9.17, 15) is 9.59 Å². The predicted octanol–water partition coefficient (Wildman–Crippen LogP) is -0.373. The van der Waals surface area contributed by atoms with Gasteiger partial charge < -0.3 is 20.5 Å². The third-order valence-electron chi connectivity index (χ3n) is 3.49. The van der Waals surface area contributed by atoms with Crippen molar-refractivity contribution in [3.8, 4) is 0 Å². The fraction of sp³-hybridized carbons (Fsp3) is 0.583. The summed E-state index contributed by atoms with van der Waals surface area (Å²) < 4.78 is 6.80. The van der Waals surface area contributed by atoms with E-state index in [0.717, 1.165) is 11.3 Å². The molecule has 0 spiro atoms. The Morgan fingerprint density at radius 1 is 1.55 bits per heavy atom. The number of hydrogen-bond donors (Lipinski definition) is 3. The number of amides is 2. The Balaban J connectivity index is 1.84. The average Bonchev–Trinajstić information content (AvgIpc) is 2.97. The molecule has 20 heavy (non-hydrogen) atoms. The number of nitrogens with one attached hydrogen (secondary N) is 2. The maximum atomic E-state index is 11.8. The van der Waals surface area contributed by atoms with E-state index in [-0.39, 0.29) is 13.2 Å². The van der Waals surface area contributed by atoms with E-state index in [2.05, 4.69) is 15.7 Å². The number of aromatic nitrogens is 2. The van der Waals surface area contributed by atoms with Crippen LogP contribution in [0.25, 0.3) is 0 Å². The van der Waals surface area contributed by atoms with Crippen LogP contribution in [0.5, 0.6) is 0 Å². The van der Waals surface area contributed by atoms with Crippen molar-refractivity contribution in [1.29, 1.82) is 0 Å². The van der Waals surface area contributed by atoms with Crippen LogP contribution in [0.1, 0.15) is 11.3 Å². The van der Waals surface area contributed by atoms with Gasteiger partial charge >= 0.3 is 12.0 Å². The van der Waals surface area contributed by atoms with Gasteiger partial charge in [0.05, 0.1) is 25.5 Å². The molecular weight excluding hydrogens is 264 g/mol. The lowest BCUT2D eigenvalue weighted by atomic mass is 10.0. The number of carboxylic acid groups (broad SMARTS) is 1. The summed E-state index contributed by atoms with van der Waals surface area (Å²) in [4.78, 5) is 22.7. The van der Waals surface area contributed by atoms with Crippen LogP contribution < -0.4 is 10.6 Å². The number of urea groups is 1. The molecule has 2 rings (SSSR count). The Morgan fingerprint density at radius 2 is 2.30 bits per heavy atom. The van der Waals surface area contributed by atoms with Crippen LogP contribution in [0.4, 0.5) is 4.79 Å². The molecule has 110 valence electrons. The number of carbonyl (C=O) groups excluding carboxylic acids is 1. The lowest BCUT2D eigenvalue weighted by Gasteiger charge is -2.16. The highest BCUT2D eigenvalue weighted by atomic mass is 16.5. The van der Waals surface area contributed by atoms with Crippen molar-refractivity contribution in [3.05, 3.63) is 17.5 Å². The van der Waals surface area contributed by atoms with E-state index in [1.54, 1.807) is 10.9 Å². The maximum Gasteiger partial charge on any atom is 0.315 e. The first-order valence-electron chi connectivity index (χ1n) is 6.31. The quantitative estimate of drug-likeness (QED) is 0.698. The minimum atomic E-state index is -0.962. The zero-order valence-corrected chi connectivity index (χ0v) is 11.4. The topological polar surface area (TPSA) is 105 Å². The molecule has 1 saturated heterocycles. The second-order valence-corrected chi connectivity index (χ2v) is 4.79. The Hall–Kier alpha value is -2.09. The molecule has 0 bridgehead atoms. The van der Waals surface area contributed by atoms with E-state index in [4.69, 9.17) is 9.84 Å². The molecule has 1 fully saturated rings. The highest BCUT2D eigenvalue weighted by Crippen LogP contribution is 2.13. The first-order chi connectivity index (χ1) is 9.49. The van der Waals surface area contributed by atoms with Gasteiger partial charge in [-0.3, -0.25) is 9.48 Å². The molecule has 0 saturated carbocycles. The van der Waals surface area contributed by atoms with Crippen molar-refractivity contribution < 1.29 is 19.4 Å². The van der Waals surface area contributed by atoms with Crippen LogP contribution in [0.15, 0.2) is 6.20 Å². The largest absolute Gasteiger partial charge is 0.481 e. The molecule has 0 aliphatic carbocycles. The first-order valence-corrected chi connectivity index (χ1v) is 6.31. The van der Waals surface area contributed by atoms with Crippen LogP contribution in [0.3, 0.4) is 0 Å². The molecule has 1 aromatic heterocycles. The Morgan fingerprint density at radius 3 is 2.90 bits per heavy atom. The Kier molecular flexibility index (Phi) is 4.23. The smallest absolute Gasteiger partial charge is 0.315 e. The van der Waals surface area contributed by atoms with Crippen molar-refractivity contribution >= 4 is 12.0 Å². The highest BCUT2D eigenvalue weighted by Gasteiger charge is 2.34. The van der Waals surface area contributed by atoms with Crippen LogP contribution in [-0.2, 0) is 23.1 Å². The summed E-state index contributed by atoms with van der Waals surface area (Å²) in [5.74, 6) is -1.66. The molecule has 8 nitrogen and oxygen atoms in total. The predicted molar refractivity (Wildman–Crippen MR) is 69.0 cm³/mol. The van der Waals surface area contributed by atoms with E-state index in [1.807, 2.05) is 14.0 Å². The summed E-state index contributed by atoms with van der Waals surface area (Å²) in [5.41, 5.74) is 1.89. The number of carbonyl (C=O) groups is 2. The second kappa shape index (κ2) is 5.91. The van der Waals surface area contributed by atoms with E-state index in [0.29, 0.717) is 6.54 Å². The lowest BCUT2D eigenvalue weighted by molar-refractivity contribution is -0.142. The number of nitrogens with zero attached hydrogens (tertiary/aromatic N) is 2. The highest BCUT2D eigenvalue weighted by molar-refractivity contribution is 5.77. The fourth-order valence-electron chi connectivity index (χ4n) is 2.05. The van der Waals surface area contributed by atoms with Crippen molar-refractivity contribution in [3.63, 3.8) is 0 Å². The van der Waals surface area contributed by atoms with Crippen LogP contribution in [-0.4, -0.2) is 46.1 Å². The molecule has 2 heterocycles. The minimum Gasteiger partial charge on any atom is -0.481 e. The van der Waals surface area contributed by atoms with Crippen LogP contribution in [0, 0.1) is 12.8 Å². The molecule has 1 aliphatic heterocycles. The summed E-state index contributed by atoms with van der Waals surface area (Å²) in [6.07, 6.45) is 1.69.